The molecule has 0 spiro atoms. The Labute approximate surface area is 168 Å². The van der Waals surface area contributed by atoms with Crippen LogP contribution in [0.15, 0.2) is 23.1 Å². The van der Waals surface area contributed by atoms with Crippen molar-refractivity contribution in [3.8, 4) is 5.75 Å². The van der Waals surface area contributed by atoms with Gasteiger partial charge in [-0.15, -0.1) is 0 Å². The number of rotatable bonds is 6. The predicted octanol–water partition coefficient (Wildman–Crippen LogP) is 2.68. The van der Waals surface area contributed by atoms with Crippen LogP contribution in [0.1, 0.15) is 45.4 Å². The summed E-state index contributed by atoms with van der Waals surface area (Å²) in [5.74, 6) is 0.552. The van der Waals surface area contributed by atoms with Crippen molar-refractivity contribution in [2.45, 2.75) is 56.4 Å². The van der Waals surface area contributed by atoms with Gasteiger partial charge in [0.1, 0.15) is 11.8 Å². The monoisotopic (exact) mass is 409 g/mol. The SMILES string of the molecule is COc1ccc(S(=O)(=O)N2CCCCCC2)cc1N[C@H](C)C(=O)N1CCCC1. The molecule has 0 aromatic heterocycles. The third-order valence-corrected chi connectivity index (χ3v) is 7.43. The number of anilines is 1. The summed E-state index contributed by atoms with van der Waals surface area (Å²) >= 11 is 0. The minimum atomic E-state index is -3.56. The van der Waals surface area contributed by atoms with Crippen LogP contribution >= 0.6 is 0 Å². The number of carbonyl (C=O) groups is 1. The molecule has 1 atom stereocenters. The Hall–Kier alpha value is -1.80. The van der Waals surface area contributed by atoms with Crippen molar-refractivity contribution >= 4 is 21.6 Å². The second kappa shape index (κ2) is 9.13. The molecule has 28 heavy (non-hydrogen) atoms. The zero-order chi connectivity index (χ0) is 20.1. The molecule has 1 aromatic rings. The summed E-state index contributed by atoms with van der Waals surface area (Å²) in [6, 6.07) is 4.37. The van der Waals surface area contributed by atoms with E-state index in [4.69, 9.17) is 4.74 Å². The van der Waals surface area contributed by atoms with E-state index < -0.39 is 16.1 Å². The topological polar surface area (TPSA) is 79.0 Å². The predicted molar refractivity (Wildman–Crippen MR) is 109 cm³/mol. The van der Waals surface area contributed by atoms with Gasteiger partial charge in [-0.2, -0.15) is 4.31 Å². The number of sulfonamides is 1. The first-order valence-corrected chi connectivity index (χ1v) is 11.6. The highest BCUT2D eigenvalue weighted by atomic mass is 32.2. The van der Waals surface area contributed by atoms with E-state index in [2.05, 4.69) is 5.32 Å². The van der Waals surface area contributed by atoms with E-state index in [1.807, 2.05) is 4.90 Å². The molecule has 2 aliphatic rings. The first-order valence-electron chi connectivity index (χ1n) is 10.2. The molecular weight excluding hydrogens is 378 g/mol. The van der Waals surface area contributed by atoms with E-state index in [1.165, 1.54) is 7.11 Å². The molecule has 2 heterocycles. The molecule has 8 heteroatoms. The fourth-order valence-corrected chi connectivity index (χ4v) is 5.44. The smallest absolute Gasteiger partial charge is 0.244 e. The van der Waals surface area contributed by atoms with E-state index in [1.54, 1.807) is 29.4 Å². The summed E-state index contributed by atoms with van der Waals surface area (Å²) in [5, 5.41) is 3.17. The second-order valence-electron chi connectivity index (χ2n) is 7.58. The van der Waals surface area contributed by atoms with Gasteiger partial charge in [0, 0.05) is 26.2 Å². The molecule has 3 rings (SSSR count). The fourth-order valence-electron chi connectivity index (χ4n) is 3.90. The van der Waals surface area contributed by atoms with Crippen LogP contribution in [0.25, 0.3) is 0 Å². The lowest BCUT2D eigenvalue weighted by Gasteiger charge is -2.24. The molecule has 156 valence electrons. The van der Waals surface area contributed by atoms with Crippen molar-refractivity contribution in [1.29, 1.82) is 0 Å². The van der Waals surface area contributed by atoms with Gasteiger partial charge in [-0.1, -0.05) is 12.8 Å². The summed E-state index contributed by atoms with van der Waals surface area (Å²) in [7, 11) is -2.02. The molecule has 0 saturated carbocycles. The lowest BCUT2D eigenvalue weighted by molar-refractivity contribution is -0.130. The molecule has 0 bridgehead atoms. The number of nitrogens with one attached hydrogen (secondary N) is 1. The number of likely N-dealkylation sites (tertiary alicyclic amines) is 1. The van der Waals surface area contributed by atoms with Crippen molar-refractivity contribution in [2.24, 2.45) is 0 Å². The van der Waals surface area contributed by atoms with Gasteiger partial charge in [-0.3, -0.25) is 4.79 Å². The Balaban J connectivity index is 1.82. The van der Waals surface area contributed by atoms with Crippen molar-refractivity contribution < 1.29 is 17.9 Å². The van der Waals surface area contributed by atoms with Crippen LogP contribution in [0.5, 0.6) is 5.75 Å². The minimum absolute atomic E-state index is 0.0281. The molecule has 7 nitrogen and oxygen atoms in total. The molecule has 0 aliphatic carbocycles. The zero-order valence-corrected chi connectivity index (χ0v) is 17.6. The highest BCUT2D eigenvalue weighted by Gasteiger charge is 2.27. The largest absolute Gasteiger partial charge is 0.495 e. The maximum atomic E-state index is 13.1. The molecule has 2 aliphatic heterocycles. The molecule has 1 amide bonds. The fraction of sp³-hybridized carbons (Fsp3) is 0.650. The molecule has 1 N–H and O–H groups in total. The van der Waals surface area contributed by atoms with Gasteiger partial charge < -0.3 is 15.0 Å². The Kier molecular flexibility index (Phi) is 6.82. The highest BCUT2D eigenvalue weighted by molar-refractivity contribution is 7.89. The number of benzene rings is 1. The summed E-state index contributed by atoms with van der Waals surface area (Å²) in [6.45, 7) is 4.48. The number of methoxy groups -OCH3 is 1. The molecule has 2 fully saturated rings. The average molecular weight is 410 g/mol. The minimum Gasteiger partial charge on any atom is -0.495 e. The number of ether oxygens (including phenoxy) is 1. The van der Waals surface area contributed by atoms with Crippen LogP contribution in [-0.2, 0) is 14.8 Å². The normalized spacial score (nSPS) is 19.9. The van der Waals surface area contributed by atoms with Crippen LogP contribution in [0.4, 0.5) is 5.69 Å². The summed E-state index contributed by atoms with van der Waals surface area (Å²) < 4.78 is 33.2. The van der Waals surface area contributed by atoms with Crippen molar-refractivity contribution in [3.05, 3.63) is 18.2 Å². The number of carbonyl (C=O) groups excluding carboxylic acids is 1. The van der Waals surface area contributed by atoms with E-state index in [9.17, 15) is 13.2 Å². The average Bonchev–Trinajstić information content (AvgIpc) is 3.08. The molecular formula is C20H31N3O4S. The van der Waals surface area contributed by atoms with Crippen molar-refractivity contribution in [3.63, 3.8) is 0 Å². The second-order valence-corrected chi connectivity index (χ2v) is 9.52. The maximum absolute atomic E-state index is 13.1. The van der Waals surface area contributed by atoms with Crippen molar-refractivity contribution in [2.75, 3.05) is 38.6 Å². The van der Waals surface area contributed by atoms with Gasteiger partial charge in [-0.25, -0.2) is 8.42 Å². The van der Waals surface area contributed by atoms with E-state index >= 15 is 0 Å². The number of hydrogen-bond acceptors (Lipinski definition) is 5. The van der Waals surface area contributed by atoms with Gasteiger partial charge in [0.25, 0.3) is 0 Å². The number of nitrogens with zero attached hydrogens (tertiary/aromatic N) is 2. The first-order chi connectivity index (χ1) is 13.4. The Bertz CT molecular complexity index is 783. The van der Waals surface area contributed by atoms with Gasteiger partial charge in [0.15, 0.2) is 0 Å². The van der Waals surface area contributed by atoms with Crippen LogP contribution in [0.2, 0.25) is 0 Å². The van der Waals surface area contributed by atoms with Gasteiger partial charge >= 0.3 is 0 Å². The van der Waals surface area contributed by atoms with Crippen LogP contribution < -0.4 is 10.1 Å². The molecule has 0 unspecified atom stereocenters. The Morgan fingerprint density at radius 3 is 2.25 bits per heavy atom. The van der Waals surface area contributed by atoms with Crippen molar-refractivity contribution in [1.82, 2.24) is 9.21 Å². The summed E-state index contributed by atoms with van der Waals surface area (Å²) in [6.07, 6.45) is 5.98. The lowest BCUT2D eigenvalue weighted by Crippen LogP contribution is -2.39. The van der Waals surface area contributed by atoms with Crippen LogP contribution in [-0.4, -0.2) is 62.9 Å². The third kappa shape index (κ3) is 4.60. The lowest BCUT2D eigenvalue weighted by atomic mass is 10.2. The van der Waals surface area contributed by atoms with Gasteiger partial charge in [-0.05, 0) is 50.8 Å². The molecule has 0 radical (unpaired) electrons. The Morgan fingerprint density at radius 1 is 1.04 bits per heavy atom. The highest BCUT2D eigenvalue weighted by Crippen LogP contribution is 2.30. The van der Waals surface area contributed by atoms with E-state index in [-0.39, 0.29) is 10.8 Å². The summed E-state index contributed by atoms with van der Waals surface area (Å²) in [4.78, 5) is 14.7. The third-order valence-electron chi connectivity index (χ3n) is 5.53. The van der Waals surface area contributed by atoms with E-state index in [0.717, 1.165) is 51.6 Å². The standard InChI is InChI=1S/C20H31N3O4S/c1-16(20(24)22-11-7-8-12-22)21-18-15-17(9-10-19(18)27-2)28(25,26)23-13-5-3-4-6-14-23/h9-10,15-16,21H,3-8,11-14H2,1-2H3/t16-/m1/s1. The zero-order valence-electron chi connectivity index (χ0n) is 16.8. The molecule has 2 saturated heterocycles. The van der Waals surface area contributed by atoms with Gasteiger partial charge in [0.05, 0.1) is 17.7 Å². The number of hydrogen-bond donors (Lipinski definition) is 1. The Morgan fingerprint density at radius 2 is 1.64 bits per heavy atom. The van der Waals surface area contributed by atoms with Crippen LogP contribution in [0, 0.1) is 0 Å². The summed E-state index contributed by atoms with van der Waals surface area (Å²) in [5.41, 5.74) is 0.526. The van der Waals surface area contributed by atoms with Gasteiger partial charge in [0.2, 0.25) is 15.9 Å². The quantitative estimate of drug-likeness (QED) is 0.781. The van der Waals surface area contributed by atoms with Crippen LogP contribution in [0.3, 0.4) is 0 Å². The maximum Gasteiger partial charge on any atom is 0.244 e. The first kappa shape index (κ1) is 20.9. The van der Waals surface area contributed by atoms with E-state index in [0.29, 0.717) is 24.5 Å². The number of amides is 1. The molecule has 1 aromatic carbocycles.